The Balaban J connectivity index is 1.26. The molecule has 8 nitrogen and oxygen atoms in total. The predicted molar refractivity (Wildman–Crippen MR) is 123 cm³/mol. The van der Waals surface area contributed by atoms with Crippen LogP contribution in [0.1, 0.15) is 27.4 Å². The van der Waals surface area contributed by atoms with Crippen molar-refractivity contribution in [1.82, 2.24) is 29.3 Å². The van der Waals surface area contributed by atoms with Crippen LogP contribution in [0.3, 0.4) is 0 Å². The summed E-state index contributed by atoms with van der Waals surface area (Å²) in [7, 11) is 0. The van der Waals surface area contributed by atoms with Gasteiger partial charge in [-0.05, 0) is 42.3 Å². The average molecular weight is 425 g/mol. The van der Waals surface area contributed by atoms with Crippen LogP contribution in [0.25, 0.3) is 10.8 Å². The van der Waals surface area contributed by atoms with Crippen LogP contribution >= 0.6 is 0 Å². The fraction of sp³-hybridized carbons (Fsp3) is 0.167. The lowest BCUT2D eigenvalue weighted by molar-refractivity contribution is 0.102. The number of nitrogens with zero attached hydrogens (tertiary/aromatic N) is 6. The van der Waals surface area contributed by atoms with Crippen LogP contribution in [0, 0.1) is 13.8 Å². The summed E-state index contributed by atoms with van der Waals surface area (Å²) in [6.45, 7) is 5.01. The number of hydrogen-bond acceptors (Lipinski definition) is 4. The molecule has 160 valence electrons. The number of nitrogens with one attached hydrogen (secondary N) is 1. The number of aryl methyl sites for hydroxylation is 2. The summed E-state index contributed by atoms with van der Waals surface area (Å²) in [6.07, 6.45) is 3.63. The third-order valence-corrected chi connectivity index (χ3v) is 5.35. The molecule has 3 aromatic heterocycles. The maximum Gasteiger partial charge on any atom is 0.277 e. The zero-order chi connectivity index (χ0) is 22.1. The van der Waals surface area contributed by atoms with Crippen molar-refractivity contribution in [2.75, 3.05) is 5.32 Å². The Morgan fingerprint density at radius 2 is 1.72 bits per heavy atom. The van der Waals surface area contributed by atoms with Gasteiger partial charge in [-0.3, -0.25) is 14.2 Å². The fourth-order valence-corrected chi connectivity index (χ4v) is 3.82. The molecular weight excluding hydrogens is 402 g/mol. The summed E-state index contributed by atoms with van der Waals surface area (Å²) < 4.78 is 5.35. The standard InChI is InChI=1S/C24H23N7O/c1-17-14-18(2)31(26-17)16-30-12-10-22(27-30)24(32)25-23-11-13-29(28-23)15-20-8-5-7-19-6-3-4-9-21(19)20/h3-14H,15-16H2,1-2H3,(H,25,28,32). The van der Waals surface area contributed by atoms with Crippen LogP contribution in [0.15, 0.2) is 73.1 Å². The molecule has 32 heavy (non-hydrogen) atoms. The number of hydrogen-bond donors (Lipinski definition) is 1. The van der Waals surface area contributed by atoms with Gasteiger partial charge in [-0.2, -0.15) is 15.3 Å². The Kier molecular flexibility index (Phi) is 5.03. The molecule has 0 saturated carbocycles. The smallest absolute Gasteiger partial charge is 0.277 e. The fourth-order valence-electron chi connectivity index (χ4n) is 3.82. The molecule has 0 aliphatic carbocycles. The molecule has 0 fully saturated rings. The van der Waals surface area contributed by atoms with E-state index >= 15 is 0 Å². The maximum absolute atomic E-state index is 12.6. The average Bonchev–Trinajstić information content (AvgIpc) is 3.50. The highest BCUT2D eigenvalue weighted by Gasteiger charge is 2.12. The quantitative estimate of drug-likeness (QED) is 0.448. The monoisotopic (exact) mass is 425 g/mol. The van der Waals surface area contributed by atoms with E-state index in [4.69, 9.17) is 0 Å². The number of fused-ring (bicyclic) bond motifs is 1. The summed E-state index contributed by atoms with van der Waals surface area (Å²) in [5.41, 5.74) is 3.49. The molecule has 1 N–H and O–H groups in total. The molecule has 0 atom stereocenters. The van der Waals surface area contributed by atoms with Gasteiger partial charge in [0.2, 0.25) is 0 Å². The largest absolute Gasteiger partial charge is 0.304 e. The van der Waals surface area contributed by atoms with Crippen molar-refractivity contribution in [3.05, 3.63) is 95.7 Å². The molecule has 0 bridgehead atoms. The normalized spacial score (nSPS) is 11.2. The van der Waals surface area contributed by atoms with E-state index in [9.17, 15) is 4.79 Å². The molecule has 8 heteroatoms. The second-order valence-corrected chi connectivity index (χ2v) is 7.80. The van der Waals surface area contributed by atoms with Gasteiger partial charge in [0.15, 0.2) is 11.5 Å². The van der Waals surface area contributed by atoms with E-state index in [0.717, 1.165) is 11.4 Å². The first-order valence-corrected chi connectivity index (χ1v) is 10.4. The van der Waals surface area contributed by atoms with Crippen molar-refractivity contribution in [3.63, 3.8) is 0 Å². The number of aromatic nitrogens is 6. The van der Waals surface area contributed by atoms with Gasteiger partial charge in [-0.1, -0.05) is 42.5 Å². The Hall–Kier alpha value is -4.20. The van der Waals surface area contributed by atoms with Gasteiger partial charge in [0.25, 0.3) is 5.91 Å². The number of carbonyl (C=O) groups is 1. The first kappa shape index (κ1) is 19.7. The molecule has 0 aliphatic heterocycles. The van der Waals surface area contributed by atoms with Crippen molar-refractivity contribution in [2.24, 2.45) is 0 Å². The van der Waals surface area contributed by atoms with Gasteiger partial charge in [0.1, 0.15) is 6.67 Å². The van der Waals surface area contributed by atoms with E-state index in [1.165, 1.54) is 16.3 Å². The van der Waals surface area contributed by atoms with Gasteiger partial charge >= 0.3 is 0 Å². The van der Waals surface area contributed by atoms with Crippen molar-refractivity contribution < 1.29 is 4.79 Å². The molecule has 0 radical (unpaired) electrons. The Morgan fingerprint density at radius 3 is 2.56 bits per heavy atom. The van der Waals surface area contributed by atoms with Gasteiger partial charge in [0, 0.05) is 24.2 Å². The molecule has 5 aromatic rings. The van der Waals surface area contributed by atoms with Gasteiger partial charge in [0.05, 0.1) is 12.2 Å². The van der Waals surface area contributed by atoms with E-state index in [0.29, 0.717) is 24.7 Å². The minimum absolute atomic E-state index is 0.299. The van der Waals surface area contributed by atoms with Crippen LogP contribution in [-0.4, -0.2) is 35.2 Å². The Bertz CT molecular complexity index is 1400. The van der Waals surface area contributed by atoms with Crippen LogP contribution in [0.5, 0.6) is 0 Å². The lowest BCUT2D eigenvalue weighted by Gasteiger charge is -2.07. The highest BCUT2D eigenvalue weighted by molar-refractivity contribution is 6.02. The van der Waals surface area contributed by atoms with Crippen LogP contribution in [-0.2, 0) is 13.2 Å². The summed E-state index contributed by atoms with van der Waals surface area (Å²) >= 11 is 0. The lowest BCUT2D eigenvalue weighted by atomic mass is 10.0. The van der Waals surface area contributed by atoms with Crippen molar-refractivity contribution in [3.8, 4) is 0 Å². The zero-order valence-corrected chi connectivity index (χ0v) is 17.9. The molecule has 0 unspecified atom stereocenters. The van der Waals surface area contributed by atoms with Crippen LogP contribution in [0.4, 0.5) is 5.82 Å². The third-order valence-electron chi connectivity index (χ3n) is 5.35. The minimum atomic E-state index is -0.299. The van der Waals surface area contributed by atoms with Gasteiger partial charge in [-0.15, -0.1) is 0 Å². The maximum atomic E-state index is 12.6. The Labute approximate surface area is 185 Å². The van der Waals surface area contributed by atoms with Gasteiger partial charge in [-0.25, -0.2) is 4.68 Å². The van der Waals surface area contributed by atoms with Crippen LogP contribution < -0.4 is 5.32 Å². The number of anilines is 1. The van der Waals surface area contributed by atoms with E-state index in [-0.39, 0.29) is 5.91 Å². The topological polar surface area (TPSA) is 82.6 Å². The number of amides is 1. The van der Waals surface area contributed by atoms with Crippen molar-refractivity contribution in [1.29, 1.82) is 0 Å². The molecule has 1 amide bonds. The summed E-state index contributed by atoms with van der Waals surface area (Å²) in [4.78, 5) is 12.6. The second-order valence-electron chi connectivity index (χ2n) is 7.80. The molecule has 0 aliphatic rings. The van der Waals surface area contributed by atoms with E-state index in [1.807, 2.05) is 53.7 Å². The first-order chi connectivity index (χ1) is 15.5. The van der Waals surface area contributed by atoms with Gasteiger partial charge < -0.3 is 5.32 Å². The Morgan fingerprint density at radius 1 is 0.906 bits per heavy atom. The highest BCUT2D eigenvalue weighted by atomic mass is 16.2. The van der Waals surface area contributed by atoms with Crippen molar-refractivity contribution >= 4 is 22.5 Å². The SMILES string of the molecule is Cc1cc(C)n(Cn2ccc(C(=O)Nc3ccn(Cc4cccc5ccccc45)n3)n2)n1. The summed E-state index contributed by atoms with van der Waals surface area (Å²) in [5.74, 6) is 0.191. The molecule has 2 aromatic carbocycles. The predicted octanol–water partition coefficient (Wildman–Crippen LogP) is 3.85. The highest BCUT2D eigenvalue weighted by Crippen LogP contribution is 2.19. The first-order valence-electron chi connectivity index (χ1n) is 10.4. The third kappa shape index (κ3) is 4.02. The zero-order valence-electron chi connectivity index (χ0n) is 17.9. The number of benzene rings is 2. The van der Waals surface area contributed by atoms with E-state index in [2.05, 4.69) is 44.9 Å². The molecular formula is C24H23N7O. The minimum Gasteiger partial charge on any atom is -0.304 e. The van der Waals surface area contributed by atoms with E-state index < -0.39 is 0 Å². The number of carbonyl (C=O) groups excluding carboxylic acids is 1. The van der Waals surface area contributed by atoms with Crippen molar-refractivity contribution in [2.45, 2.75) is 27.1 Å². The van der Waals surface area contributed by atoms with Crippen LogP contribution in [0.2, 0.25) is 0 Å². The molecule has 0 spiro atoms. The van der Waals surface area contributed by atoms with E-state index in [1.54, 1.807) is 23.0 Å². The molecule has 5 rings (SSSR count). The lowest BCUT2D eigenvalue weighted by Crippen LogP contribution is -2.16. The number of rotatable bonds is 6. The molecule has 0 saturated heterocycles. The summed E-state index contributed by atoms with van der Waals surface area (Å²) in [5, 5.41) is 18.5. The second kappa shape index (κ2) is 8.14. The molecule has 3 heterocycles. The summed E-state index contributed by atoms with van der Waals surface area (Å²) in [6, 6.07) is 20.0.